The molecule has 3 aliphatic carbocycles. The summed E-state index contributed by atoms with van der Waals surface area (Å²) in [6.45, 7) is 4.27. The molecule has 2 saturated carbocycles. The van der Waals surface area contributed by atoms with Crippen molar-refractivity contribution < 1.29 is 19.1 Å². The minimum Gasteiger partial charge on any atom is -0.469 e. The molecule has 5 rings (SSSR count). The molecule has 4 fully saturated rings. The van der Waals surface area contributed by atoms with Crippen LogP contribution in [0.25, 0.3) is 0 Å². The molecule has 2 heterocycles. The van der Waals surface area contributed by atoms with E-state index in [2.05, 4.69) is 13.0 Å². The Morgan fingerprint density at radius 2 is 2.23 bits per heavy atom. The summed E-state index contributed by atoms with van der Waals surface area (Å²) in [5.74, 6) is 0.733. The summed E-state index contributed by atoms with van der Waals surface area (Å²) in [5, 5.41) is 0. The molecule has 0 radical (unpaired) electrons. The molecule has 0 aromatic carbocycles. The standard InChI is InChI=1S/C18H24O4/c1-16(6-5-14(20)21-3)13(19)4-7-18-9-11-8-12(15(16)18)22-17(11,2)10-18/h4,7,11-12,15H,5-6,8-10H2,1-3H3/t11-,12+,15+,16-,17+,18+/m1/s1. The van der Waals surface area contributed by atoms with Gasteiger partial charge in [-0.25, -0.2) is 0 Å². The van der Waals surface area contributed by atoms with Gasteiger partial charge in [0.25, 0.3) is 0 Å². The lowest BCUT2D eigenvalue weighted by atomic mass is 9.51. The highest BCUT2D eigenvalue weighted by Crippen LogP contribution is 2.71. The summed E-state index contributed by atoms with van der Waals surface area (Å²) >= 11 is 0. The molecular formula is C18H24O4. The van der Waals surface area contributed by atoms with Gasteiger partial charge < -0.3 is 9.47 Å². The fourth-order valence-electron chi connectivity index (χ4n) is 6.10. The quantitative estimate of drug-likeness (QED) is 0.752. The summed E-state index contributed by atoms with van der Waals surface area (Å²) in [6, 6.07) is 0. The Bertz CT molecular complexity index is 582. The zero-order valence-corrected chi connectivity index (χ0v) is 13.6. The third kappa shape index (κ3) is 1.62. The van der Waals surface area contributed by atoms with Crippen molar-refractivity contribution in [3.8, 4) is 0 Å². The summed E-state index contributed by atoms with van der Waals surface area (Å²) < 4.78 is 11.1. The topological polar surface area (TPSA) is 52.6 Å². The van der Waals surface area contributed by atoms with E-state index in [0.29, 0.717) is 18.8 Å². The Morgan fingerprint density at radius 3 is 2.91 bits per heavy atom. The number of ether oxygens (including phenoxy) is 2. The number of hydrogen-bond acceptors (Lipinski definition) is 4. The van der Waals surface area contributed by atoms with E-state index in [0.717, 1.165) is 19.3 Å². The van der Waals surface area contributed by atoms with Gasteiger partial charge in [-0.2, -0.15) is 0 Å². The first-order chi connectivity index (χ1) is 10.3. The molecule has 2 saturated heterocycles. The Labute approximate surface area is 131 Å². The molecule has 0 unspecified atom stereocenters. The molecular weight excluding hydrogens is 280 g/mol. The largest absolute Gasteiger partial charge is 0.469 e. The summed E-state index contributed by atoms with van der Waals surface area (Å²) in [4.78, 5) is 24.3. The van der Waals surface area contributed by atoms with Gasteiger partial charge in [-0.05, 0) is 50.0 Å². The van der Waals surface area contributed by atoms with Crippen molar-refractivity contribution in [3.63, 3.8) is 0 Å². The van der Waals surface area contributed by atoms with Crippen molar-refractivity contribution in [3.05, 3.63) is 12.2 Å². The van der Waals surface area contributed by atoms with Crippen LogP contribution in [0.5, 0.6) is 0 Å². The second-order valence-electron chi connectivity index (χ2n) is 8.18. The molecule has 2 aliphatic heterocycles. The molecule has 0 amide bonds. The molecule has 4 bridgehead atoms. The molecule has 6 atom stereocenters. The van der Waals surface area contributed by atoms with Crippen LogP contribution >= 0.6 is 0 Å². The van der Waals surface area contributed by atoms with E-state index >= 15 is 0 Å². The first-order valence-corrected chi connectivity index (χ1v) is 8.31. The molecule has 0 aromatic rings. The molecule has 22 heavy (non-hydrogen) atoms. The van der Waals surface area contributed by atoms with Gasteiger partial charge in [0, 0.05) is 17.8 Å². The fourth-order valence-corrected chi connectivity index (χ4v) is 6.10. The van der Waals surface area contributed by atoms with E-state index < -0.39 is 5.41 Å². The second-order valence-corrected chi connectivity index (χ2v) is 8.18. The van der Waals surface area contributed by atoms with Crippen molar-refractivity contribution in [1.29, 1.82) is 0 Å². The Kier molecular flexibility index (Phi) is 2.77. The Hall–Kier alpha value is -1.16. The van der Waals surface area contributed by atoms with Gasteiger partial charge in [0.15, 0.2) is 5.78 Å². The lowest BCUT2D eigenvalue weighted by molar-refractivity contribution is -0.170. The first kappa shape index (κ1) is 14.4. The van der Waals surface area contributed by atoms with E-state index in [1.807, 2.05) is 6.92 Å². The average molecular weight is 304 g/mol. The van der Waals surface area contributed by atoms with Crippen LogP contribution < -0.4 is 0 Å². The van der Waals surface area contributed by atoms with Crippen LogP contribution in [0.4, 0.5) is 0 Å². The minimum atomic E-state index is -0.510. The number of hydrogen-bond donors (Lipinski definition) is 0. The number of carbonyl (C=O) groups is 2. The van der Waals surface area contributed by atoms with Gasteiger partial charge in [0.1, 0.15) is 0 Å². The first-order valence-electron chi connectivity index (χ1n) is 8.31. The maximum absolute atomic E-state index is 12.7. The van der Waals surface area contributed by atoms with Crippen LogP contribution in [0.3, 0.4) is 0 Å². The Morgan fingerprint density at radius 1 is 1.45 bits per heavy atom. The highest BCUT2D eigenvalue weighted by Gasteiger charge is 2.71. The number of allylic oxidation sites excluding steroid dienone is 2. The van der Waals surface area contributed by atoms with Crippen LogP contribution in [0.15, 0.2) is 12.2 Å². The third-order valence-electron chi connectivity index (χ3n) is 6.99. The van der Waals surface area contributed by atoms with Crippen molar-refractivity contribution in [2.24, 2.45) is 22.7 Å². The molecule has 4 nitrogen and oxygen atoms in total. The SMILES string of the molecule is COC(=O)CC[C@]1(C)C(=O)C=C[C@]23C[C@H]4C[C@H](O[C@@]4(C)C2)[C@H]31. The van der Waals surface area contributed by atoms with Crippen molar-refractivity contribution >= 4 is 11.8 Å². The van der Waals surface area contributed by atoms with Crippen molar-refractivity contribution in [2.75, 3.05) is 7.11 Å². The van der Waals surface area contributed by atoms with Crippen molar-refractivity contribution in [2.45, 2.75) is 57.7 Å². The van der Waals surface area contributed by atoms with Gasteiger partial charge in [-0.3, -0.25) is 9.59 Å². The maximum Gasteiger partial charge on any atom is 0.305 e. The number of rotatable bonds is 3. The minimum absolute atomic E-state index is 0.00481. The average Bonchev–Trinajstić information content (AvgIpc) is 2.83. The highest BCUT2D eigenvalue weighted by atomic mass is 16.5. The molecule has 0 N–H and O–H groups in total. The van der Waals surface area contributed by atoms with E-state index in [9.17, 15) is 9.59 Å². The van der Waals surface area contributed by atoms with Crippen LogP contribution in [-0.2, 0) is 19.1 Å². The predicted octanol–water partition coefficient (Wildman–Crippen LogP) is 2.66. The maximum atomic E-state index is 12.7. The van der Waals surface area contributed by atoms with Gasteiger partial charge in [0.2, 0.25) is 0 Å². The lowest BCUT2D eigenvalue weighted by Gasteiger charge is -2.55. The summed E-state index contributed by atoms with van der Waals surface area (Å²) in [7, 11) is 1.40. The number of carbonyl (C=O) groups excluding carboxylic acids is 2. The second kappa shape index (κ2) is 4.22. The fraction of sp³-hybridized carbons (Fsp3) is 0.778. The van der Waals surface area contributed by atoms with Crippen LogP contribution in [0.2, 0.25) is 0 Å². The van der Waals surface area contributed by atoms with Gasteiger partial charge in [0.05, 0.1) is 18.8 Å². The lowest BCUT2D eigenvalue weighted by Crippen LogP contribution is -2.56. The third-order valence-corrected chi connectivity index (χ3v) is 6.99. The van der Waals surface area contributed by atoms with E-state index in [1.54, 1.807) is 6.08 Å². The summed E-state index contributed by atoms with van der Waals surface area (Å²) in [5.41, 5.74) is -0.418. The normalized spacial score (nSPS) is 51.2. The number of ketones is 1. The zero-order valence-electron chi connectivity index (χ0n) is 13.6. The summed E-state index contributed by atoms with van der Waals surface area (Å²) in [6.07, 6.45) is 8.18. The molecule has 0 aromatic heterocycles. The monoisotopic (exact) mass is 304 g/mol. The van der Waals surface area contributed by atoms with Gasteiger partial charge in [-0.1, -0.05) is 13.0 Å². The van der Waals surface area contributed by atoms with Gasteiger partial charge >= 0.3 is 5.97 Å². The van der Waals surface area contributed by atoms with Gasteiger partial charge in [-0.15, -0.1) is 0 Å². The van der Waals surface area contributed by atoms with Crippen LogP contribution in [0.1, 0.15) is 46.0 Å². The number of esters is 1. The van der Waals surface area contributed by atoms with Crippen LogP contribution in [0, 0.1) is 22.7 Å². The highest BCUT2D eigenvalue weighted by molar-refractivity contribution is 5.96. The molecule has 4 heteroatoms. The molecule has 1 spiro atoms. The Balaban J connectivity index is 1.70. The zero-order chi connectivity index (χ0) is 15.8. The molecule has 5 aliphatic rings. The van der Waals surface area contributed by atoms with E-state index in [4.69, 9.17) is 9.47 Å². The predicted molar refractivity (Wildman–Crippen MR) is 80.0 cm³/mol. The van der Waals surface area contributed by atoms with Crippen molar-refractivity contribution in [1.82, 2.24) is 0 Å². The molecule has 120 valence electrons. The number of methoxy groups -OCH3 is 1. The van der Waals surface area contributed by atoms with E-state index in [-0.39, 0.29) is 34.8 Å². The van der Waals surface area contributed by atoms with Crippen LogP contribution in [-0.4, -0.2) is 30.6 Å². The van der Waals surface area contributed by atoms with E-state index in [1.165, 1.54) is 7.11 Å². The smallest absolute Gasteiger partial charge is 0.305 e.